The topological polar surface area (TPSA) is 93.8 Å². The van der Waals surface area contributed by atoms with Gasteiger partial charge in [-0.2, -0.15) is 0 Å². The van der Waals surface area contributed by atoms with Gasteiger partial charge in [-0.15, -0.1) is 0 Å². The van der Waals surface area contributed by atoms with E-state index in [-0.39, 0.29) is 18.2 Å². The second kappa shape index (κ2) is 7.05. The number of aliphatic hydroxyl groups is 1. The monoisotopic (exact) mass is 359 g/mol. The summed E-state index contributed by atoms with van der Waals surface area (Å²) in [5.41, 5.74) is 3.06. The predicted molar refractivity (Wildman–Crippen MR) is 102 cm³/mol. The first-order chi connectivity index (χ1) is 13.2. The van der Waals surface area contributed by atoms with Gasteiger partial charge in [-0.3, -0.25) is 19.3 Å². The van der Waals surface area contributed by atoms with Gasteiger partial charge in [0.25, 0.3) is 5.56 Å². The average Bonchev–Trinajstić information content (AvgIpc) is 2.74. The number of fused-ring (bicyclic) bond motifs is 1. The zero-order valence-corrected chi connectivity index (χ0v) is 14.6. The molecule has 0 saturated carbocycles. The molecular formula is C20H17N5O2. The third kappa shape index (κ3) is 3.09. The summed E-state index contributed by atoms with van der Waals surface area (Å²) in [4.78, 5) is 30.5. The highest BCUT2D eigenvalue weighted by atomic mass is 16.3. The van der Waals surface area contributed by atoms with Crippen molar-refractivity contribution >= 4 is 10.9 Å². The van der Waals surface area contributed by atoms with E-state index in [1.807, 2.05) is 24.3 Å². The normalized spacial score (nSPS) is 12.2. The number of rotatable bonds is 4. The Morgan fingerprint density at radius 1 is 1.11 bits per heavy atom. The van der Waals surface area contributed by atoms with Crippen LogP contribution in [-0.2, 0) is 0 Å². The number of hydrogen-bond donors (Lipinski definition) is 1. The molecule has 0 radical (unpaired) electrons. The molecule has 1 unspecified atom stereocenters. The Morgan fingerprint density at radius 3 is 2.44 bits per heavy atom. The zero-order valence-electron chi connectivity index (χ0n) is 14.6. The van der Waals surface area contributed by atoms with Gasteiger partial charge in [0.1, 0.15) is 5.52 Å². The van der Waals surface area contributed by atoms with Crippen LogP contribution in [-0.4, -0.2) is 36.2 Å². The van der Waals surface area contributed by atoms with Crippen LogP contribution in [0.15, 0.2) is 66.2 Å². The summed E-state index contributed by atoms with van der Waals surface area (Å²) in [5.74, 6) is 0. The van der Waals surface area contributed by atoms with Crippen LogP contribution in [0.1, 0.15) is 13.0 Å². The molecule has 0 aliphatic rings. The van der Waals surface area contributed by atoms with Crippen molar-refractivity contribution in [3.05, 3.63) is 71.8 Å². The first kappa shape index (κ1) is 17.0. The minimum atomic E-state index is -0.369. The Morgan fingerprint density at radius 2 is 1.81 bits per heavy atom. The highest BCUT2D eigenvalue weighted by Crippen LogP contribution is 2.28. The summed E-state index contributed by atoms with van der Waals surface area (Å²) < 4.78 is 1.43. The van der Waals surface area contributed by atoms with Crippen molar-refractivity contribution < 1.29 is 5.11 Å². The minimum absolute atomic E-state index is 0.150. The Kier molecular flexibility index (Phi) is 4.43. The van der Waals surface area contributed by atoms with Gasteiger partial charge in [0, 0.05) is 35.9 Å². The number of aliphatic hydroxyl groups excluding tert-OH is 1. The van der Waals surface area contributed by atoms with Crippen molar-refractivity contribution in [1.82, 2.24) is 24.5 Å². The maximum Gasteiger partial charge on any atom is 0.261 e. The molecule has 4 rings (SSSR count). The van der Waals surface area contributed by atoms with Gasteiger partial charge < -0.3 is 5.11 Å². The molecule has 4 aromatic heterocycles. The predicted octanol–water partition coefficient (Wildman–Crippen LogP) is 2.47. The molecule has 0 aliphatic carbocycles. The fourth-order valence-corrected chi connectivity index (χ4v) is 2.91. The molecule has 27 heavy (non-hydrogen) atoms. The number of nitrogens with zero attached hydrogens (tertiary/aromatic N) is 5. The van der Waals surface area contributed by atoms with E-state index in [0.29, 0.717) is 22.3 Å². The van der Waals surface area contributed by atoms with Crippen molar-refractivity contribution in [3.63, 3.8) is 0 Å². The highest BCUT2D eigenvalue weighted by molar-refractivity contribution is 5.93. The summed E-state index contributed by atoms with van der Waals surface area (Å²) in [6, 6.07) is 8.76. The van der Waals surface area contributed by atoms with Gasteiger partial charge >= 0.3 is 0 Å². The van der Waals surface area contributed by atoms with Crippen LogP contribution in [0.2, 0.25) is 0 Å². The lowest BCUT2D eigenvalue weighted by Crippen LogP contribution is -2.25. The molecule has 1 atom stereocenters. The van der Waals surface area contributed by atoms with Crippen molar-refractivity contribution in [1.29, 1.82) is 0 Å². The van der Waals surface area contributed by atoms with Crippen molar-refractivity contribution in [2.24, 2.45) is 0 Å². The van der Waals surface area contributed by atoms with Crippen molar-refractivity contribution in [3.8, 4) is 22.5 Å². The molecular weight excluding hydrogens is 342 g/mol. The standard InChI is InChI=1S/C20H17N5O2/c1-13(11-26)25-12-23-19-16(20(25)27)8-17(14-4-2-6-21-9-14)24-18(19)15-5-3-7-22-10-15/h2-10,12-13,26H,11H2,1H3. The van der Waals surface area contributed by atoms with Crippen LogP contribution in [0.4, 0.5) is 0 Å². The Balaban J connectivity index is 2.06. The first-order valence-electron chi connectivity index (χ1n) is 8.52. The van der Waals surface area contributed by atoms with Gasteiger partial charge in [-0.05, 0) is 37.3 Å². The van der Waals surface area contributed by atoms with Gasteiger partial charge in [-0.25, -0.2) is 9.97 Å². The molecule has 134 valence electrons. The molecule has 0 amide bonds. The second-order valence-electron chi connectivity index (χ2n) is 6.22. The maximum atomic E-state index is 13.0. The first-order valence-corrected chi connectivity index (χ1v) is 8.52. The molecule has 1 N–H and O–H groups in total. The third-order valence-corrected chi connectivity index (χ3v) is 4.40. The quantitative estimate of drug-likeness (QED) is 0.602. The molecule has 7 heteroatoms. The third-order valence-electron chi connectivity index (χ3n) is 4.40. The Labute approximate surface area is 155 Å². The zero-order chi connectivity index (χ0) is 18.8. The van der Waals surface area contributed by atoms with Gasteiger partial charge in [0.05, 0.1) is 35.8 Å². The van der Waals surface area contributed by atoms with E-state index < -0.39 is 0 Å². The van der Waals surface area contributed by atoms with Crippen molar-refractivity contribution in [2.75, 3.05) is 6.61 Å². The van der Waals surface area contributed by atoms with E-state index in [4.69, 9.17) is 4.98 Å². The van der Waals surface area contributed by atoms with Crippen LogP contribution in [0, 0.1) is 0 Å². The number of hydrogen-bond acceptors (Lipinski definition) is 6. The maximum absolute atomic E-state index is 13.0. The summed E-state index contributed by atoms with van der Waals surface area (Å²) in [5, 5.41) is 9.87. The van der Waals surface area contributed by atoms with Crippen LogP contribution in [0.3, 0.4) is 0 Å². The van der Waals surface area contributed by atoms with E-state index in [2.05, 4.69) is 15.0 Å². The van der Waals surface area contributed by atoms with E-state index >= 15 is 0 Å². The summed E-state index contributed by atoms with van der Waals surface area (Å²) in [6.07, 6.45) is 8.21. The summed E-state index contributed by atoms with van der Waals surface area (Å²) in [7, 11) is 0. The van der Waals surface area contributed by atoms with E-state index in [1.165, 1.54) is 10.9 Å². The SMILES string of the molecule is CC(CO)n1cnc2c(-c3cccnc3)nc(-c3cccnc3)cc2c1=O. The lowest BCUT2D eigenvalue weighted by Gasteiger charge is -2.14. The fourth-order valence-electron chi connectivity index (χ4n) is 2.91. The smallest absolute Gasteiger partial charge is 0.261 e. The fraction of sp³-hybridized carbons (Fsp3) is 0.150. The van der Waals surface area contributed by atoms with Crippen LogP contribution < -0.4 is 5.56 Å². The summed E-state index contributed by atoms with van der Waals surface area (Å²) >= 11 is 0. The number of aromatic nitrogens is 5. The molecule has 0 bridgehead atoms. The summed E-state index contributed by atoms with van der Waals surface area (Å²) in [6.45, 7) is 1.61. The van der Waals surface area contributed by atoms with Gasteiger partial charge in [0.2, 0.25) is 0 Å². The van der Waals surface area contributed by atoms with E-state index in [1.54, 1.807) is 37.8 Å². The molecule has 0 spiro atoms. The van der Waals surface area contributed by atoms with E-state index in [9.17, 15) is 9.90 Å². The average molecular weight is 359 g/mol. The lowest BCUT2D eigenvalue weighted by molar-refractivity contribution is 0.236. The highest BCUT2D eigenvalue weighted by Gasteiger charge is 2.16. The van der Waals surface area contributed by atoms with Crippen LogP contribution >= 0.6 is 0 Å². The minimum Gasteiger partial charge on any atom is -0.394 e. The molecule has 0 aromatic carbocycles. The van der Waals surface area contributed by atoms with Gasteiger partial charge in [0.15, 0.2) is 0 Å². The Bertz CT molecular complexity index is 1140. The molecule has 4 aromatic rings. The molecule has 7 nitrogen and oxygen atoms in total. The van der Waals surface area contributed by atoms with Crippen molar-refractivity contribution in [2.45, 2.75) is 13.0 Å². The van der Waals surface area contributed by atoms with Crippen LogP contribution in [0.25, 0.3) is 33.4 Å². The second-order valence-corrected chi connectivity index (χ2v) is 6.22. The molecule has 0 saturated heterocycles. The van der Waals surface area contributed by atoms with Gasteiger partial charge in [-0.1, -0.05) is 0 Å². The lowest BCUT2D eigenvalue weighted by atomic mass is 10.1. The molecule has 4 heterocycles. The largest absolute Gasteiger partial charge is 0.394 e. The molecule has 0 fully saturated rings. The van der Waals surface area contributed by atoms with E-state index in [0.717, 1.165) is 11.1 Å². The number of pyridine rings is 3. The molecule has 0 aliphatic heterocycles. The van der Waals surface area contributed by atoms with Crippen LogP contribution in [0.5, 0.6) is 0 Å². The Hall–Kier alpha value is -3.45.